The van der Waals surface area contributed by atoms with Gasteiger partial charge in [-0.3, -0.25) is 0 Å². The number of carboxylic acids is 1. The fraction of sp³-hybridized carbons (Fsp3) is 0.143. The van der Waals surface area contributed by atoms with Crippen molar-refractivity contribution in [2.24, 2.45) is 0 Å². The fourth-order valence-corrected chi connectivity index (χ4v) is 0.721. The van der Waals surface area contributed by atoms with Crippen LogP contribution < -0.4 is 0 Å². The van der Waals surface area contributed by atoms with Crippen molar-refractivity contribution in [1.29, 1.82) is 0 Å². The van der Waals surface area contributed by atoms with Crippen molar-refractivity contribution in [1.82, 2.24) is 4.98 Å². The van der Waals surface area contributed by atoms with E-state index in [1.165, 1.54) is 0 Å². The van der Waals surface area contributed by atoms with Crippen LogP contribution in [0, 0.1) is 5.95 Å². The topological polar surface area (TPSA) is 50.2 Å². The predicted octanol–water partition coefficient (Wildman–Crippen LogP) is 1.40. The summed E-state index contributed by atoms with van der Waals surface area (Å²) < 4.78 is 37.7. The number of aromatic nitrogens is 1. The van der Waals surface area contributed by atoms with Gasteiger partial charge in [-0.25, -0.2) is 9.78 Å². The van der Waals surface area contributed by atoms with Gasteiger partial charge in [-0.2, -0.15) is 13.2 Å². The Morgan fingerprint density at radius 1 is 1.54 bits per heavy atom. The molecule has 6 heteroatoms. The van der Waals surface area contributed by atoms with Crippen LogP contribution in [-0.2, 0) is 10.7 Å². The number of hydrogen-bond acceptors (Lipinski definition) is 2. The lowest BCUT2D eigenvalue weighted by Gasteiger charge is -2.10. The molecule has 0 saturated carbocycles. The second-order valence-corrected chi connectivity index (χ2v) is 2.25. The Morgan fingerprint density at radius 3 is 2.62 bits per heavy atom. The Bertz CT molecular complexity index is 340. The van der Waals surface area contributed by atoms with Crippen molar-refractivity contribution in [3.63, 3.8) is 0 Å². The zero-order chi connectivity index (χ0) is 10.1. The summed E-state index contributed by atoms with van der Waals surface area (Å²) in [5.74, 6) is -7.54. The van der Waals surface area contributed by atoms with Crippen LogP contribution >= 0.6 is 0 Å². The van der Waals surface area contributed by atoms with Gasteiger partial charge in [0, 0.05) is 17.8 Å². The molecule has 0 amide bonds. The normalized spacial score (nSPS) is 11.3. The van der Waals surface area contributed by atoms with E-state index >= 15 is 0 Å². The monoisotopic (exact) mass is 191 g/mol. The lowest BCUT2D eigenvalue weighted by atomic mass is 10.1. The molecule has 70 valence electrons. The smallest absolute Gasteiger partial charge is 0.379 e. The number of pyridine rings is 1. The van der Waals surface area contributed by atoms with E-state index in [4.69, 9.17) is 5.11 Å². The molecule has 0 unspecified atom stereocenters. The molecule has 1 rings (SSSR count). The first-order valence-corrected chi connectivity index (χ1v) is 3.18. The SMILES string of the molecule is O=C(O)C(F)(F)c1ccnc(F)c1. The number of aliphatic carboxylic acids is 1. The molecule has 13 heavy (non-hydrogen) atoms. The van der Waals surface area contributed by atoms with Gasteiger partial charge in [0.2, 0.25) is 5.95 Å². The first-order chi connectivity index (χ1) is 5.94. The number of carbonyl (C=O) groups is 1. The lowest BCUT2D eigenvalue weighted by Crippen LogP contribution is -2.25. The molecule has 0 atom stereocenters. The fourth-order valence-electron chi connectivity index (χ4n) is 0.721. The van der Waals surface area contributed by atoms with Crippen molar-refractivity contribution >= 4 is 5.97 Å². The molecule has 1 aromatic heterocycles. The second-order valence-electron chi connectivity index (χ2n) is 2.25. The summed E-state index contributed by atoms with van der Waals surface area (Å²) in [4.78, 5) is 13.1. The highest BCUT2D eigenvalue weighted by Gasteiger charge is 2.41. The predicted molar refractivity (Wildman–Crippen MR) is 35.7 cm³/mol. The molecule has 1 N–H and O–H groups in total. The van der Waals surface area contributed by atoms with Gasteiger partial charge in [0.15, 0.2) is 0 Å². The average Bonchev–Trinajstić information content (AvgIpc) is 2.04. The summed E-state index contributed by atoms with van der Waals surface area (Å²) in [5.41, 5.74) is -0.924. The Balaban J connectivity index is 3.14. The van der Waals surface area contributed by atoms with Gasteiger partial charge < -0.3 is 5.11 Å². The van der Waals surface area contributed by atoms with Crippen molar-refractivity contribution in [2.45, 2.75) is 5.92 Å². The molecule has 0 fully saturated rings. The van der Waals surface area contributed by atoms with Crippen molar-refractivity contribution < 1.29 is 23.1 Å². The van der Waals surface area contributed by atoms with Gasteiger partial charge in [-0.05, 0) is 6.07 Å². The minimum Gasteiger partial charge on any atom is -0.477 e. The second kappa shape index (κ2) is 3.04. The summed E-state index contributed by atoms with van der Waals surface area (Å²) in [7, 11) is 0. The maximum absolute atomic E-state index is 12.7. The molecule has 0 radical (unpaired) electrons. The molecule has 0 saturated heterocycles. The van der Waals surface area contributed by atoms with E-state index < -0.39 is 23.4 Å². The van der Waals surface area contributed by atoms with Crippen LogP contribution in [0.3, 0.4) is 0 Å². The summed E-state index contributed by atoms with van der Waals surface area (Å²) in [6.07, 6.45) is 0.779. The number of carboxylic acid groups (broad SMARTS) is 1. The van der Waals surface area contributed by atoms with Gasteiger partial charge in [-0.1, -0.05) is 0 Å². The van der Waals surface area contributed by atoms with Crippen LogP contribution in [0.5, 0.6) is 0 Å². The molecule has 0 spiro atoms. The summed E-state index contributed by atoms with van der Waals surface area (Å²) in [6, 6.07) is 1.13. The van der Waals surface area contributed by atoms with Gasteiger partial charge in [0.05, 0.1) is 0 Å². The van der Waals surface area contributed by atoms with Crippen LogP contribution in [0.15, 0.2) is 18.3 Å². The zero-order valence-electron chi connectivity index (χ0n) is 6.17. The maximum Gasteiger partial charge on any atom is 0.379 e. The van der Waals surface area contributed by atoms with Gasteiger partial charge in [-0.15, -0.1) is 0 Å². The quantitative estimate of drug-likeness (QED) is 0.718. The van der Waals surface area contributed by atoms with E-state index in [1.807, 2.05) is 0 Å². The van der Waals surface area contributed by atoms with E-state index in [-0.39, 0.29) is 0 Å². The highest BCUT2D eigenvalue weighted by atomic mass is 19.3. The highest BCUT2D eigenvalue weighted by Crippen LogP contribution is 2.27. The summed E-state index contributed by atoms with van der Waals surface area (Å²) in [6.45, 7) is 0. The Hall–Kier alpha value is -1.59. The number of nitrogens with zero attached hydrogens (tertiary/aromatic N) is 1. The molecule has 3 nitrogen and oxygen atoms in total. The number of alkyl halides is 2. The van der Waals surface area contributed by atoms with Gasteiger partial charge >= 0.3 is 11.9 Å². The molecule has 1 heterocycles. The zero-order valence-corrected chi connectivity index (χ0v) is 6.17. The third-order valence-corrected chi connectivity index (χ3v) is 1.36. The van der Waals surface area contributed by atoms with Crippen molar-refractivity contribution in [3.05, 3.63) is 29.8 Å². The molecule has 0 aliphatic heterocycles. The third-order valence-electron chi connectivity index (χ3n) is 1.36. The van der Waals surface area contributed by atoms with Gasteiger partial charge in [0.1, 0.15) is 0 Å². The first kappa shape index (κ1) is 9.50. The Labute approximate surface area is 70.8 Å². The van der Waals surface area contributed by atoms with Crippen LogP contribution in [0.2, 0.25) is 0 Å². The van der Waals surface area contributed by atoms with Crippen LogP contribution in [0.4, 0.5) is 13.2 Å². The molecular weight excluding hydrogens is 187 g/mol. The molecule has 0 aromatic carbocycles. The molecule has 0 bridgehead atoms. The van der Waals surface area contributed by atoms with Crippen LogP contribution in [-0.4, -0.2) is 16.1 Å². The average molecular weight is 191 g/mol. The number of halogens is 3. The number of rotatable bonds is 2. The van der Waals surface area contributed by atoms with E-state index in [2.05, 4.69) is 4.98 Å². The lowest BCUT2D eigenvalue weighted by molar-refractivity contribution is -0.166. The van der Waals surface area contributed by atoms with Crippen molar-refractivity contribution in [3.8, 4) is 0 Å². The van der Waals surface area contributed by atoms with Gasteiger partial charge in [0.25, 0.3) is 0 Å². The maximum atomic E-state index is 12.7. The minimum absolute atomic E-state index is 0.383. The van der Waals surface area contributed by atoms with Crippen molar-refractivity contribution in [2.75, 3.05) is 0 Å². The Kier molecular flexibility index (Phi) is 2.22. The molecular formula is C7H4F3NO2. The van der Waals surface area contributed by atoms with E-state index in [9.17, 15) is 18.0 Å². The largest absolute Gasteiger partial charge is 0.477 e. The van der Waals surface area contributed by atoms with Crippen LogP contribution in [0.1, 0.15) is 5.56 Å². The van der Waals surface area contributed by atoms with E-state index in [1.54, 1.807) is 0 Å². The number of hydrogen-bond donors (Lipinski definition) is 1. The van der Waals surface area contributed by atoms with E-state index in [0.717, 1.165) is 12.3 Å². The molecule has 0 aliphatic rings. The minimum atomic E-state index is -4.08. The molecule has 0 aliphatic carbocycles. The third kappa shape index (κ3) is 1.77. The first-order valence-electron chi connectivity index (χ1n) is 3.18. The highest BCUT2D eigenvalue weighted by molar-refractivity contribution is 5.77. The summed E-state index contributed by atoms with van der Waals surface area (Å²) in [5, 5.41) is 8.09. The summed E-state index contributed by atoms with van der Waals surface area (Å²) >= 11 is 0. The van der Waals surface area contributed by atoms with E-state index in [0.29, 0.717) is 6.07 Å². The van der Waals surface area contributed by atoms with Crippen LogP contribution in [0.25, 0.3) is 0 Å². The standard InChI is InChI=1S/C7H4F3NO2/c8-5-3-4(1-2-11-5)7(9,10)6(12)13/h1-3H,(H,12,13). The molecule has 1 aromatic rings. The Morgan fingerprint density at radius 2 is 2.15 bits per heavy atom.